The molecule has 0 fully saturated rings. The largest absolute Gasteiger partial charge is 0.324 e. The van der Waals surface area contributed by atoms with Gasteiger partial charge in [-0.2, -0.15) is 0 Å². The quantitative estimate of drug-likeness (QED) is 0.785. The second kappa shape index (κ2) is 3.12. The van der Waals surface area contributed by atoms with Crippen LogP contribution in [-0.2, 0) is 4.79 Å². The average Bonchev–Trinajstić information content (AvgIpc) is 2.40. The number of amides is 1. The van der Waals surface area contributed by atoms with Crippen molar-refractivity contribution >= 4 is 27.5 Å². The second-order valence-electron chi connectivity index (χ2n) is 2.94. The summed E-state index contributed by atoms with van der Waals surface area (Å²) < 4.78 is 0.989. The number of fused-ring (bicyclic) bond motifs is 1. The van der Waals surface area contributed by atoms with Crippen LogP contribution in [0.2, 0.25) is 0 Å². The zero-order chi connectivity index (χ0) is 9.42. The van der Waals surface area contributed by atoms with Crippen LogP contribution >= 0.6 is 15.9 Å². The molecule has 4 heteroatoms. The van der Waals surface area contributed by atoms with Crippen molar-refractivity contribution in [1.82, 2.24) is 5.32 Å². The highest BCUT2D eigenvalue weighted by Gasteiger charge is 2.28. The number of carbonyl (C=O) groups excluding carboxylic acids is 1. The van der Waals surface area contributed by atoms with Gasteiger partial charge in [0, 0.05) is 15.7 Å². The summed E-state index contributed by atoms with van der Waals surface area (Å²) in [6, 6.07) is 5.55. The fourth-order valence-corrected chi connectivity index (χ4v) is 1.90. The highest BCUT2D eigenvalue weighted by molar-refractivity contribution is 9.10. The molecule has 3 nitrogen and oxygen atoms in total. The van der Waals surface area contributed by atoms with Gasteiger partial charge in [0.15, 0.2) is 0 Å². The average molecular weight is 241 g/mol. The minimum atomic E-state index is -0.215. The van der Waals surface area contributed by atoms with Crippen molar-refractivity contribution in [2.45, 2.75) is 6.04 Å². The summed E-state index contributed by atoms with van der Waals surface area (Å²) >= 11 is 3.37. The lowest BCUT2D eigenvalue weighted by atomic mass is 10.1. The summed E-state index contributed by atoms with van der Waals surface area (Å²) in [7, 11) is 1.78. The summed E-state index contributed by atoms with van der Waals surface area (Å²) in [6.45, 7) is 0. The lowest BCUT2D eigenvalue weighted by Crippen LogP contribution is -2.23. The number of rotatable bonds is 1. The Labute approximate surface area is 84.6 Å². The lowest BCUT2D eigenvalue weighted by molar-refractivity contribution is -0.117. The van der Waals surface area contributed by atoms with E-state index >= 15 is 0 Å². The molecule has 1 heterocycles. The molecular formula is C9H9BrN2O. The fourth-order valence-electron chi connectivity index (χ4n) is 1.52. The maximum absolute atomic E-state index is 11.4. The van der Waals surface area contributed by atoms with E-state index in [2.05, 4.69) is 26.6 Å². The molecule has 0 bridgehead atoms. The van der Waals surface area contributed by atoms with E-state index in [1.54, 1.807) is 7.05 Å². The maximum atomic E-state index is 11.4. The molecule has 1 aromatic carbocycles. The molecule has 1 unspecified atom stereocenters. The van der Waals surface area contributed by atoms with E-state index in [9.17, 15) is 4.79 Å². The summed E-state index contributed by atoms with van der Waals surface area (Å²) in [5.74, 6) is 0.00981. The van der Waals surface area contributed by atoms with Gasteiger partial charge < -0.3 is 10.6 Å². The number of hydrogen-bond donors (Lipinski definition) is 2. The topological polar surface area (TPSA) is 41.1 Å². The third-order valence-electron chi connectivity index (χ3n) is 2.13. The van der Waals surface area contributed by atoms with Gasteiger partial charge in [-0.25, -0.2) is 0 Å². The zero-order valence-corrected chi connectivity index (χ0v) is 8.68. The Morgan fingerprint density at radius 1 is 1.54 bits per heavy atom. The lowest BCUT2D eigenvalue weighted by Gasteiger charge is -2.05. The number of anilines is 1. The number of benzene rings is 1. The van der Waals surface area contributed by atoms with Crippen LogP contribution in [0, 0.1) is 0 Å². The SMILES string of the molecule is CNC1C(=O)Nc2ccc(Br)cc21. The van der Waals surface area contributed by atoms with Gasteiger partial charge in [-0.15, -0.1) is 0 Å². The minimum absolute atomic E-state index is 0.00981. The Kier molecular flexibility index (Phi) is 2.09. The molecule has 1 atom stereocenters. The summed E-state index contributed by atoms with van der Waals surface area (Å²) in [4.78, 5) is 11.4. The number of hydrogen-bond acceptors (Lipinski definition) is 2. The van der Waals surface area contributed by atoms with Crippen molar-refractivity contribution in [2.75, 3.05) is 12.4 Å². The fraction of sp³-hybridized carbons (Fsp3) is 0.222. The maximum Gasteiger partial charge on any atom is 0.246 e. The molecule has 0 aliphatic carbocycles. The molecule has 1 aliphatic heterocycles. The first-order valence-electron chi connectivity index (χ1n) is 4.00. The Morgan fingerprint density at radius 2 is 2.31 bits per heavy atom. The predicted molar refractivity (Wildman–Crippen MR) is 54.6 cm³/mol. The highest BCUT2D eigenvalue weighted by Crippen LogP contribution is 2.32. The Morgan fingerprint density at radius 3 is 3.00 bits per heavy atom. The summed E-state index contributed by atoms with van der Waals surface area (Å²) in [6.07, 6.45) is 0. The molecule has 0 saturated heterocycles. The Balaban J connectivity index is 2.50. The monoisotopic (exact) mass is 240 g/mol. The van der Waals surface area contributed by atoms with Crippen molar-refractivity contribution < 1.29 is 4.79 Å². The normalized spacial score (nSPS) is 19.8. The van der Waals surface area contributed by atoms with Gasteiger partial charge in [0.1, 0.15) is 6.04 Å². The standard InChI is InChI=1S/C9H9BrN2O/c1-11-8-6-4-5(10)2-3-7(6)12-9(8)13/h2-4,8,11H,1H3,(H,12,13). The highest BCUT2D eigenvalue weighted by atomic mass is 79.9. The second-order valence-corrected chi connectivity index (χ2v) is 3.86. The van der Waals surface area contributed by atoms with Gasteiger partial charge in [-0.05, 0) is 25.2 Å². The number of halogens is 1. The summed E-state index contributed by atoms with van der Waals surface area (Å²) in [5.41, 5.74) is 1.90. The molecule has 68 valence electrons. The third-order valence-corrected chi connectivity index (χ3v) is 2.63. The molecular weight excluding hydrogens is 232 g/mol. The molecule has 13 heavy (non-hydrogen) atoms. The van der Waals surface area contributed by atoms with Crippen molar-refractivity contribution in [1.29, 1.82) is 0 Å². The van der Waals surface area contributed by atoms with Gasteiger partial charge in [0.25, 0.3) is 0 Å². The number of nitrogens with one attached hydrogen (secondary N) is 2. The minimum Gasteiger partial charge on any atom is -0.324 e. The molecule has 0 aromatic heterocycles. The Bertz CT molecular complexity index is 365. The first-order chi connectivity index (χ1) is 6.22. The first-order valence-corrected chi connectivity index (χ1v) is 4.79. The summed E-state index contributed by atoms with van der Waals surface area (Å²) in [5, 5.41) is 5.77. The van der Waals surface area contributed by atoms with Gasteiger partial charge >= 0.3 is 0 Å². The molecule has 0 saturated carbocycles. The van der Waals surface area contributed by atoms with Crippen LogP contribution in [0.5, 0.6) is 0 Å². The molecule has 1 amide bonds. The van der Waals surface area contributed by atoms with Crippen molar-refractivity contribution in [3.63, 3.8) is 0 Å². The van der Waals surface area contributed by atoms with Crippen molar-refractivity contribution in [2.24, 2.45) is 0 Å². The van der Waals surface area contributed by atoms with Gasteiger partial charge in [-0.1, -0.05) is 15.9 Å². The molecule has 2 rings (SSSR count). The van der Waals surface area contributed by atoms with Gasteiger partial charge in [0.2, 0.25) is 5.91 Å². The molecule has 1 aliphatic rings. The smallest absolute Gasteiger partial charge is 0.246 e. The van der Waals surface area contributed by atoms with E-state index in [-0.39, 0.29) is 11.9 Å². The molecule has 1 aromatic rings. The third kappa shape index (κ3) is 1.36. The van der Waals surface area contributed by atoms with Crippen LogP contribution < -0.4 is 10.6 Å². The first kappa shape index (κ1) is 8.72. The molecule has 2 N–H and O–H groups in total. The molecule has 0 radical (unpaired) electrons. The van der Waals surface area contributed by atoms with E-state index in [4.69, 9.17) is 0 Å². The van der Waals surface area contributed by atoms with Crippen LogP contribution in [0.4, 0.5) is 5.69 Å². The van der Waals surface area contributed by atoms with Crippen molar-refractivity contribution in [3.05, 3.63) is 28.2 Å². The predicted octanol–water partition coefficient (Wildman–Crippen LogP) is 1.66. The molecule has 0 spiro atoms. The van der Waals surface area contributed by atoms with Crippen LogP contribution in [-0.4, -0.2) is 13.0 Å². The van der Waals surface area contributed by atoms with Gasteiger partial charge in [0.05, 0.1) is 0 Å². The van der Waals surface area contributed by atoms with Crippen LogP contribution in [0.3, 0.4) is 0 Å². The number of likely N-dealkylation sites (N-methyl/N-ethyl adjacent to an activating group) is 1. The number of carbonyl (C=O) groups is 1. The van der Waals surface area contributed by atoms with Crippen LogP contribution in [0.25, 0.3) is 0 Å². The zero-order valence-electron chi connectivity index (χ0n) is 7.10. The van der Waals surface area contributed by atoms with Crippen LogP contribution in [0.1, 0.15) is 11.6 Å². The van der Waals surface area contributed by atoms with E-state index < -0.39 is 0 Å². The van der Waals surface area contributed by atoms with Crippen LogP contribution in [0.15, 0.2) is 22.7 Å². The van der Waals surface area contributed by atoms with E-state index in [0.717, 1.165) is 15.7 Å². The van der Waals surface area contributed by atoms with Crippen molar-refractivity contribution in [3.8, 4) is 0 Å². The van der Waals surface area contributed by atoms with E-state index in [1.807, 2.05) is 18.2 Å². The Hall–Kier alpha value is -0.870. The van der Waals surface area contributed by atoms with Gasteiger partial charge in [-0.3, -0.25) is 4.79 Å². The van der Waals surface area contributed by atoms with E-state index in [0.29, 0.717) is 0 Å². The van der Waals surface area contributed by atoms with E-state index in [1.165, 1.54) is 0 Å².